The van der Waals surface area contributed by atoms with E-state index in [4.69, 9.17) is 4.99 Å². The average molecular weight is 409 g/mol. The lowest BCUT2D eigenvalue weighted by Crippen LogP contribution is -2.40. The zero-order chi connectivity index (χ0) is 18.1. The molecule has 2 N–H and O–H groups in total. The van der Waals surface area contributed by atoms with E-state index in [1.165, 1.54) is 25.1 Å². The summed E-state index contributed by atoms with van der Waals surface area (Å²) in [6.45, 7) is 9.56. The van der Waals surface area contributed by atoms with Crippen molar-refractivity contribution >= 4 is 21.9 Å². The van der Waals surface area contributed by atoms with Crippen LogP contribution < -0.4 is 10.6 Å². The van der Waals surface area contributed by atoms with Crippen LogP contribution in [0.5, 0.6) is 0 Å². The van der Waals surface area contributed by atoms with Gasteiger partial charge in [-0.05, 0) is 62.9 Å². The van der Waals surface area contributed by atoms with E-state index in [1.54, 1.807) is 0 Å². The quantitative estimate of drug-likeness (QED) is 0.510. The first-order chi connectivity index (χ1) is 12.1. The van der Waals surface area contributed by atoms with Crippen LogP contribution in [0.15, 0.2) is 33.7 Å². The number of nitrogens with zero attached hydrogens (tertiary/aromatic N) is 2. The minimum Gasteiger partial charge on any atom is -0.357 e. The fourth-order valence-corrected chi connectivity index (χ4v) is 3.78. The molecular formula is C20H33BrN4. The highest BCUT2D eigenvalue weighted by Crippen LogP contribution is 2.17. The molecule has 0 radical (unpaired) electrons. The van der Waals surface area contributed by atoms with Crippen molar-refractivity contribution < 1.29 is 0 Å². The van der Waals surface area contributed by atoms with Gasteiger partial charge < -0.3 is 15.5 Å². The number of guanidine groups is 1. The molecule has 0 amide bonds. The van der Waals surface area contributed by atoms with Crippen molar-refractivity contribution in [3.8, 4) is 0 Å². The predicted octanol–water partition coefficient (Wildman–Crippen LogP) is 3.52. The molecule has 2 unspecified atom stereocenters. The normalized spacial score (nSPS) is 19.8. The molecule has 1 saturated heterocycles. The van der Waals surface area contributed by atoms with Crippen LogP contribution in [0.25, 0.3) is 0 Å². The van der Waals surface area contributed by atoms with Crippen molar-refractivity contribution in [2.24, 2.45) is 16.8 Å². The largest absolute Gasteiger partial charge is 0.357 e. The molecule has 0 saturated carbocycles. The molecule has 140 valence electrons. The maximum Gasteiger partial charge on any atom is 0.191 e. The maximum atomic E-state index is 4.85. The van der Waals surface area contributed by atoms with Crippen LogP contribution in [0.3, 0.4) is 0 Å². The molecule has 1 aromatic carbocycles. The molecule has 1 fully saturated rings. The van der Waals surface area contributed by atoms with E-state index in [9.17, 15) is 0 Å². The third kappa shape index (κ3) is 7.37. The van der Waals surface area contributed by atoms with Crippen molar-refractivity contribution in [2.45, 2.75) is 33.1 Å². The van der Waals surface area contributed by atoms with Gasteiger partial charge in [-0.3, -0.25) is 4.99 Å². The van der Waals surface area contributed by atoms with Gasteiger partial charge in [-0.15, -0.1) is 0 Å². The highest BCUT2D eigenvalue weighted by Gasteiger charge is 2.19. The molecule has 2 atom stereocenters. The number of likely N-dealkylation sites (tertiary alicyclic amines) is 1. The van der Waals surface area contributed by atoms with Gasteiger partial charge in [0.15, 0.2) is 5.96 Å². The first-order valence-electron chi connectivity index (χ1n) is 9.55. The Labute approximate surface area is 161 Å². The predicted molar refractivity (Wildman–Crippen MR) is 111 cm³/mol. The summed E-state index contributed by atoms with van der Waals surface area (Å²) in [6, 6.07) is 8.61. The Kier molecular flexibility index (Phi) is 8.76. The van der Waals surface area contributed by atoms with Crippen molar-refractivity contribution in [1.29, 1.82) is 0 Å². The van der Waals surface area contributed by atoms with E-state index >= 15 is 0 Å². The molecule has 2 rings (SSSR count). The van der Waals surface area contributed by atoms with Gasteiger partial charge in [-0.2, -0.15) is 0 Å². The van der Waals surface area contributed by atoms with Gasteiger partial charge in [0.2, 0.25) is 0 Å². The number of rotatable bonds is 8. The first kappa shape index (κ1) is 20.2. The number of nitrogens with one attached hydrogen (secondary N) is 2. The van der Waals surface area contributed by atoms with E-state index in [-0.39, 0.29) is 0 Å². The number of halogens is 1. The lowest BCUT2D eigenvalue weighted by atomic mass is 9.97. The molecule has 1 aromatic rings. The monoisotopic (exact) mass is 408 g/mol. The standard InChI is InChI=1S/C20H33BrN4/c1-4-16(11-17-7-6-8-19(21)12-17)13-23-20(22-5-2)24-14-18-9-10-25(3)15-18/h6-8,12,16,18H,4-5,9-11,13-15H2,1-3H3,(H2,22,23,24). The summed E-state index contributed by atoms with van der Waals surface area (Å²) in [5.41, 5.74) is 1.38. The van der Waals surface area contributed by atoms with Gasteiger partial charge >= 0.3 is 0 Å². The number of aliphatic imine (C=N–C) groups is 1. The highest BCUT2D eigenvalue weighted by atomic mass is 79.9. The summed E-state index contributed by atoms with van der Waals surface area (Å²) >= 11 is 3.56. The molecule has 5 heteroatoms. The second-order valence-corrected chi connectivity index (χ2v) is 8.04. The second kappa shape index (κ2) is 10.8. The van der Waals surface area contributed by atoms with Gasteiger partial charge in [0.1, 0.15) is 0 Å². The average Bonchev–Trinajstić information content (AvgIpc) is 3.01. The van der Waals surface area contributed by atoms with Gasteiger partial charge in [0.25, 0.3) is 0 Å². The van der Waals surface area contributed by atoms with Crippen LogP contribution in [0.2, 0.25) is 0 Å². The van der Waals surface area contributed by atoms with Gasteiger partial charge in [-0.25, -0.2) is 0 Å². The number of hydrogen-bond donors (Lipinski definition) is 2. The van der Waals surface area contributed by atoms with Crippen LogP contribution in [-0.2, 0) is 6.42 Å². The van der Waals surface area contributed by atoms with E-state index in [2.05, 4.69) is 76.6 Å². The molecular weight excluding hydrogens is 376 g/mol. The molecule has 0 spiro atoms. The molecule has 4 nitrogen and oxygen atoms in total. The fourth-order valence-electron chi connectivity index (χ4n) is 3.33. The van der Waals surface area contributed by atoms with E-state index < -0.39 is 0 Å². The maximum absolute atomic E-state index is 4.85. The van der Waals surface area contributed by atoms with Crippen LogP contribution in [0, 0.1) is 11.8 Å². The minimum atomic E-state index is 0.572. The van der Waals surface area contributed by atoms with Gasteiger partial charge in [0, 0.05) is 30.7 Å². The summed E-state index contributed by atoms with van der Waals surface area (Å²) < 4.78 is 1.15. The summed E-state index contributed by atoms with van der Waals surface area (Å²) in [7, 11) is 2.20. The third-order valence-corrected chi connectivity index (χ3v) is 5.38. The van der Waals surface area contributed by atoms with Crippen LogP contribution in [0.1, 0.15) is 32.3 Å². The van der Waals surface area contributed by atoms with Crippen molar-refractivity contribution in [3.63, 3.8) is 0 Å². The number of hydrogen-bond acceptors (Lipinski definition) is 2. The molecule has 0 aliphatic carbocycles. The molecule has 0 bridgehead atoms. The Morgan fingerprint density at radius 2 is 2.20 bits per heavy atom. The summed E-state index contributed by atoms with van der Waals surface area (Å²) in [5, 5.41) is 6.93. The van der Waals surface area contributed by atoms with Crippen molar-refractivity contribution in [2.75, 3.05) is 39.8 Å². The SMILES string of the molecule is CCNC(=NCC(CC)Cc1cccc(Br)c1)NCC1CCN(C)C1. The minimum absolute atomic E-state index is 0.572. The Balaban J connectivity index is 1.86. The van der Waals surface area contributed by atoms with Crippen molar-refractivity contribution in [1.82, 2.24) is 15.5 Å². The van der Waals surface area contributed by atoms with Crippen molar-refractivity contribution in [3.05, 3.63) is 34.3 Å². The molecule has 1 aliphatic rings. The molecule has 1 heterocycles. The third-order valence-electron chi connectivity index (χ3n) is 4.89. The number of benzene rings is 1. The van der Waals surface area contributed by atoms with E-state index in [0.717, 1.165) is 48.8 Å². The van der Waals surface area contributed by atoms with Crippen LogP contribution in [-0.4, -0.2) is 50.6 Å². The van der Waals surface area contributed by atoms with E-state index in [0.29, 0.717) is 5.92 Å². The van der Waals surface area contributed by atoms with Gasteiger partial charge in [-0.1, -0.05) is 41.4 Å². The summed E-state index contributed by atoms with van der Waals surface area (Å²) in [6.07, 6.45) is 3.50. The van der Waals surface area contributed by atoms with E-state index in [1.807, 2.05) is 0 Å². The topological polar surface area (TPSA) is 39.7 Å². The zero-order valence-electron chi connectivity index (χ0n) is 15.9. The Hall–Kier alpha value is -1.07. The first-order valence-corrected chi connectivity index (χ1v) is 10.3. The Morgan fingerprint density at radius 3 is 2.84 bits per heavy atom. The summed E-state index contributed by atoms with van der Waals surface area (Å²) in [4.78, 5) is 7.26. The van der Waals surface area contributed by atoms with Crippen LogP contribution in [0.4, 0.5) is 0 Å². The lowest BCUT2D eigenvalue weighted by molar-refractivity contribution is 0.393. The van der Waals surface area contributed by atoms with Gasteiger partial charge in [0.05, 0.1) is 0 Å². The Bertz CT molecular complexity index is 546. The highest BCUT2D eigenvalue weighted by molar-refractivity contribution is 9.10. The zero-order valence-corrected chi connectivity index (χ0v) is 17.5. The lowest BCUT2D eigenvalue weighted by Gasteiger charge is -2.17. The molecule has 0 aromatic heterocycles. The summed E-state index contributed by atoms with van der Waals surface area (Å²) in [5.74, 6) is 2.27. The molecule has 25 heavy (non-hydrogen) atoms. The smallest absolute Gasteiger partial charge is 0.191 e. The Morgan fingerprint density at radius 1 is 1.36 bits per heavy atom. The van der Waals surface area contributed by atoms with Crippen LogP contribution >= 0.6 is 15.9 Å². The molecule has 1 aliphatic heterocycles. The second-order valence-electron chi connectivity index (χ2n) is 7.13. The fraction of sp³-hybridized carbons (Fsp3) is 0.650.